The maximum absolute atomic E-state index is 13.4. The summed E-state index contributed by atoms with van der Waals surface area (Å²) in [5.41, 5.74) is 7.34. The average molecular weight is 540 g/mol. The van der Waals surface area contributed by atoms with Crippen LogP contribution < -0.4 is 19.7 Å². The molecule has 0 bridgehead atoms. The molecule has 8 nitrogen and oxygen atoms in total. The van der Waals surface area contributed by atoms with Crippen LogP contribution in [0.1, 0.15) is 28.7 Å². The maximum Gasteiger partial charge on any atom is 0.345 e. The van der Waals surface area contributed by atoms with Crippen molar-refractivity contribution >= 4 is 11.9 Å². The summed E-state index contributed by atoms with van der Waals surface area (Å²) in [5, 5.41) is 0. The van der Waals surface area contributed by atoms with Gasteiger partial charge in [0.2, 0.25) is 6.10 Å². The SMILES string of the molecule is COc1ccc(C(OC(=O)COc2ccccc2)C(=O)NOCC2c3ccccc3-c3ccccc32)c(OC)c1. The van der Waals surface area contributed by atoms with E-state index in [1.165, 1.54) is 14.2 Å². The van der Waals surface area contributed by atoms with E-state index in [-0.39, 0.29) is 19.1 Å². The molecule has 1 amide bonds. The van der Waals surface area contributed by atoms with Crippen LogP contribution in [0.5, 0.6) is 17.2 Å². The molecule has 0 aromatic heterocycles. The second-order valence-corrected chi connectivity index (χ2v) is 9.08. The Morgan fingerprint density at radius 3 is 2.08 bits per heavy atom. The van der Waals surface area contributed by atoms with Crippen molar-refractivity contribution in [3.05, 3.63) is 114 Å². The predicted octanol–water partition coefficient (Wildman–Crippen LogP) is 5.23. The molecule has 0 saturated heterocycles. The van der Waals surface area contributed by atoms with Crippen LogP contribution in [0, 0.1) is 0 Å². The fourth-order valence-electron chi connectivity index (χ4n) is 4.81. The van der Waals surface area contributed by atoms with Crippen LogP contribution in [0.4, 0.5) is 0 Å². The number of nitrogens with one attached hydrogen (secondary N) is 1. The summed E-state index contributed by atoms with van der Waals surface area (Å²) in [5.74, 6) is -0.133. The van der Waals surface area contributed by atoms with Gasteiger partial charge in [0.15, 0.2) is 6.61 Å². The number of fused-ring (bicyclic) bond motifs is 3. The third kappa shape index (κ3) is 5.77. The first kappa shape index (κ1) is 26.8. The molecule has 0 aliphatic heterocycles. The standard InChI is InChI=1S/C32H29NO7/c1-36-22-16-17-27(29(18-22)37-2)31(40-30(34)20-38-21-10-4-3-5-11-21)32(35)33-39-19-28-25-14-8-6-12-23(25)24-13-7-9-15-26(24)28/h3-18,28,31H,19-20H2,1-2H3,(H,33,35). The van der Waals surface area contributed by atoms with Gasteiger partial charge in [-0.3, -0.25) is 9.63 Å². The second kappa shape index (κ2) is 12.4. The Labute approximate surface area is 232 Å². The molecule has 0 fully saturated rings. The minimum atomic E-state index is -1.36. The third-order valence-electron chi connectivity index (χ3n) is 6.70. The molecule has 1 unspecified atom stereocenters. The van der Waals surface area contributed by atoms with E-state index in [1.54, 1.807) is 42.5 Å². The lowest BCUT2D eigenvalue weighted by Crippen LogP contribution is -2.34. The molecule has 1 N–H and O–H groups in total. The summed E-state index contributed by atoms with van der Waals surface area (Å²) in [6.07, 6.45) is -1.36. The normalized spacial score (nSPS) is 12.6. The van der Waals surface area contributed by atoms with Gasteiger partial charge in [-0.15, -0.1) is 0 Å². The zero-order chi connectivity index (χ0) is 27.9. The van der Waals surface area contributed by atoms with Crippen LogP contribution >= 0.6 is 0 Å². The molecule has 0 spiro atoms. The van der Waals surface area contributed by atoms with E-state index in [0.29, 0.717) is 22.8 Å². The van der Waals surface area contributed by atoms with E-state index >= 15 is 0 Å². The molecule has 1 atom stereocenters. The topological polar surface area (TPSA) is 92.3 Å². The van der Waals surface area contributed by atoms with Crippen LogP contribution in [0.2, 0.25) is 0 Å². The molecule has 0 saturated carbocycles. The van der Waals surface area contributed by atoms with Crippen LogP contribution in [0.3, 0.4) is 0 Å². The molecular weight excluding hydrogens is 510 g/mol. The van der Waals surface area contributed by atoms with Gasteiger partial charge in [0.05, 0.1) is 20.8 Å². The van der Waals surface area contributed by atoms with Gasteiger partial charge in [-0.25, -0.2) is 10.3 Å². The molecule has 4 aromatic carbocycles. The highest BCUT2D eigenvalue weighted by Gasteiger charge is 2.31. The largest absolute Gasteiger partial charge is 0.497 e. The van der Waals surface area contributed by atoms with E-state index in [9.17, 15) is 9.59 Å². The van der Waals surface area contributed by atoms with Crippen LogP contribution in [-0.4, -0.2) is 39.3 Å². The molecule has 5 rings (SSSR count). The average Bonchev–Trinajstić information content (AvgIpc) is 3.32. The van der Waals surface area contributed by atoms with Gasteiger partial charge in [0, 0.05) is 17.5 Å². The summed E-state index contributed by atoms with van der Waals surface area (Å²) < 4.78 is 21.8. The number of esters is 1. The Kier molecular flexibility index (Phi) is 8.27. The fraction of sp³-hybridized carbons (Fsp3) is 0.188. The number of hydroxylamine groups is 1. The first-order valence-electron chi connectivity index (χ1n) is 12.8. The van der Waals surface area contributed by atoms with Crippen molar-refractivity contribution in [2.75, 3.05) is 27.4 Å². The maximum atomic E-state index is 13.4. The van der Waals surface area contributed by atoms with Crippen molar-refractivity contribution < 1.29 is 33.4 Å². The third-order valence-corrected chi connectivity index (χ3v) is 6.70. The number of benzene rings is 4. The lowest BCUT2D eigenvalue weighted by Gasteiger charge is -2.21. The number of carbonyl (C=O) groups is 2. The predicted molar refractivity (Wildman–Crippen MR) is 148 cm³/mol. The van der Waals surface area contributed by atoms with Gasteiger partial charge < -0.3 is 18.9 Å². The summed E-state index contributed by atoms with van der Waals surface area (Å²) in [4.78, 5) is 31.9. The molecule has 0 radical (unpaired) electrons. The van der Waals surface area contributed by atoms with Gasteiger partial charge in [-0.2, -0.15) is 0 Å². The molecule has 4 aromatic rings. The van der Waals surface area contributed by atoms with Crippen molar-refractivity contribution in [3.63, 3.8) is 0 Å². The molecule has 204 valence electrons. The molecule has 1 aliphatic rings. The second-order valence-electron chi connectivity index (χ2n) is 9.08. The van der Waals surface area contributed by atoms with E-state index in [1.807, 2.05) is 30.3 Å². The van der Waals surface area contributed by atoms with E-state index in [2.05, 4.69) is 29.7 Å². The quantitative estimate of drug-likeness (QED) is 0.206. The Balaban J connectivity index is 1.31. The Morgan fingerprint density at radius 2 is 1.43 bits per heavy atom. The number of rotatable bonds is 11. The number of para-hydroxylation sites is 1. The van der Waals surface area contributed by atoms with Gasteiger partial charge in [-0.05, 0) is 46.5 Å². The fourth-order valence-corrected chi connectivity index (χ4v) is 4.81. The van der Waals surface area contributed by atoms with Gasteiger partial charge in [-0.1, -0.05) is 66.7 Å². The van der Waals surface area contributed by atoms with E-state index < -0.39 is 18.0 Å². The van der Waals surface area contributed by atoms with Gasteiger partial charge in [0.25, 0.3) is 5.91 Å². The first-order valence-corrected chi connectivity index (χ1v) is 12.8. The Bertz CT molecular complexity index is 1440. The highest BCUT2D eigenvalue weighted by molar-refractivity contribution is 5.85. The Morgan fingerprint density at radius 1 is 0.775 bits per heavy atom. The van der Waals surface area contributed by atoms with Crippen molar-refractivity contribution in [1.29, 1.82) is 0 Å². The van der Waals surface area contributed by atoms with Crippen molar-refractivity contribution in [2.24, 2.45) is 0 Å². The number of ether oxygens (including phenoxy) is 4. The first-order chi connectivity index (χ1) is 19.6. The number of carbonyl (C=O) groups excluding carboxylic acids is 2. The van der Waals surface area contributed by atoms with Crippen LogP contribution in [0.15, 0.2) is 97.1 Å². The molecule has 0 heterocycles. The summed E-state index contributed by atoms with van der Waals surface area (Å²) in [6, 6.07) is 30.0. The van der Waals surface area contributed by atoms with Gasteiger partial charge >= 0.3 is 5.97 Å². The summed E-state index contributed by atoms with van der Waals surface area (Å²) >= 11 is 0. The lowest BCUT2D eigenvalue weighted by atomic mass is 9.98. The van der Waals surface area contributed by atoms with E-state index in [0.717, 1.165) is 22.3 Å². The van der Waals surface area contributed by atoms with Crippen molar-refractivity contribution in [3.8, 4) is 28.4 Å². The zero-order valence-corrected chi connectivity index (χ0v) is 22.2. The zero-order valence-electron chi connectivity index (χ0n) is 22.2. The molecule has 40 heavy (non-hydrogen) atoms. The molecular formula is C32H29NO7. The van der Waals surface area contributed by atoms with Crippen molar-refractivity contribution in [1.82, 2.24) is 5.48 Å². The Hall–Kier alpha value is -4.82. The number of hydrogen-bond acceptors (Lipinski definition) is 7. The monoisotopic (exact) mass is 539 g/mol. The number of methoxy groups -OCH3 is 2. The number of amides is 1. The summed E-state index contributed by atoms with van der Waals surface area (Å²) in [6.45, 7) is -0.194. The minimum Gasteiger partial charge on any atom is -0.497 e. The molecule has 1 aliphatic carbocycles. The summed E-state index contributed by atoms with van der Waals surface area (Å²) in [7, 11) is 2.98. The molecule has 8 heteroatoms. The lowest BCUT2D eigenvalue weighted by molar-refractivity contribution is -0.163. The minimum absolute atomic E-state index is 0.0662. The van der Waals surface area contributed by atoms with Gasteiger partial charge in [0.1, 0.15) is 17.2 Å². The smallest absolute Gasteiger partial charge is 0.345 e. The number of hydrogen-bond donors (Lipinski definition) is 1. The van der Waals surface area contributed by atoms with E-state index in [4.69, 9.17) is 23.8 Å². The highest BCUT2D eigenvalue weighted by Crippen LogP contribution is 2.44. The van der Waals surface area contributed by atoms with Crippen LogP contribution in [-0.2, 0) is 19.2 Å². The van der Waals surface area contributed by atoms with Crippen LogP contribution in [0.25, 0.3) is 11.1 Å². The van der Waals surface area contributed by atoms with Crippen molar-refractivity contribution in [2.45, 2.75) is 12.0 Å². The highest BCUT2D eigenvalue weighted by atomic mass is 16.7.